The minimum Gasteiger partial charge on any atom is -0.494 e. The summed E-state index contributed by atoms with van der Waals surface area (Å²) in [5.41, 5.74) is 1.65. The zero-order valence-electron chi connectivity index (χ0n) is 13.2. The lowest BCUT2D eigenvalue weighted by Crippen LogP contribution is -2.30. The van der Waals surface area contributed by atoms with Gasteiger partial charge in [0.1, 0.15) is 5.75 Å². The number of hydrogen-bond acceptors (Lipinski definition) is 2. The molecule has 0 amide bonds. The Morgan fingerprint density at radius 2 is 2.00 bits per heavy atom. The molecule has 112 valence electrons. The van der Waals surface area contributed by atoms with Crippen LogP contribution in [-0.2, 0) is 5.41 Å². The minimum absolute atomic E-state index is 0.256. The van der Waals surface area contributed by atoms with Gasteiger partial charge in [0.25, 0.3) is 0 Å². The Morgan fingerprint density at radius 1 is 1.25 bits per heavy atom. The molecule has 0 radical (unpaired) electrons. The highest BCUT2D eigenvalue weighted by Gasteiger charge is 2.17. The second-order valence-electron chi connectivity index (χ2n) is 6.61. The van der Waals surface area contributed by atoms with Gasteiger partial charge in [-0.2, -0.15) is 0 Å². The van der Waals surface area contributed by atoms with E-state index in [1.54, 1.807) is 0 Å². The molecule has 0 spiro atoms. The van der Waals surface area contributed by atoms with Crippen molar-refractivity contribution in [1.29, 1.82) is 0 Å². The van der Waals surface area contributed by atoms with Crippen LogP contribution in [0.3, 0.4) is 0 Å². The average molecular weight is 275 g/mol. The number of ether oxygens (including phenoxy) is 1. The summed E-state index contributed by atoms with van der Waals surface area (Å²) in [7, 11) is 0. The van der Waals surface area contributed by atoms with Crippen LogP contribution in [0.4, 0.5) is 0 Å². The fourth-order valence-electron chi connectivity index (χ4n) is 2.72. The fourth-order valence-corrected chi connectivity index (χ4v) is 2.72. The van der Waals surface area contributed by atoms with E-state index in [1.807, 2.05) is 0 Å². The lowest BCUT2D eigenvalue weighted by Gasteiger charge is -2.24. The largest absolute Gasteiger partial charge is 0.494 e. The molecule has 0 unspecified atom stereocenters. The van der Waals surface area contributed by atoms with Crippen LogP contribution >= 0.6 is 0 Å². The summed E-state index contributed by atoms with van der Waals surface area (Å²) in [5, 5.41) is 3.46. The molecule has 2 nitrogen and oxygen atoms in total. The highest BCUT2D eigenvalue weighted by molar-refractivity contribution is 5.31. The van der Waals surface area contributed by atoms with E-state index in [0.29, 0.717) is 0 Å². The van der Waals surface area contributed by atoms with Crippen molar-refractivity contribution >= 4 is 0 Å². The topological polar surface area (TPSA) is 21.3 Å². The molecular formula is C18H29NO. The summed E-state index contributed by atoms with van der Waals surface area (Å²) >= 11 is 0. The molecule has 1 aliphatic heterocycles. The predicted molar refractivity (Wildman–Crippen MR) is 85.5 cm³/mol. The van der Waals surface area contributed by atoms with E-state index < -0.39 is 0 Å². The van der Waals surface area contributed by atoms with Gasteiger partial charge in [-0.25, -0.2) is 0 Å². The van der Waals surface area contributed by atoms with Crippen LogP contribution in [0.5, 0.6) is 5.75 Å². The van der Waals surface area contributed by atoms with Gasteiger partial charge in [-0.1, -0.05) is 32.9 Å². The van der Waals surface area contributed by atoms with Crippen LogP contribution in [-0.4, -0.2) is 19.7 Å². The Morgan fingerprint density at radius 3 is 2.60 bits per heavy atom. The number of benzene rings is 1. The summed E-state index contributed by atoms with van der Waals surface area (Å²) in [4.78, 5) is 0. The van der Waals surface area contributed by atoms with Gasteiger partial charge in [-0.15, -0.1) is 0 Å². The lowest BCUT2D eigenvalue weighted by atomic mass is 9.82. The van der Waals surface area contributed by atoms with E-state index in [4.69, 9.17) is 4.74 Å². The third kappa shape index (κ3) is 4.24. The van der Waals surface area contributed by atoms with Gasteiger partial charge >= 0.3 is 0 Å². The molecule has 20 heavy (non-hydrogen) atoms. The molecule has 1 aliphatic rings. The molecule has 2 rings (SSSR count). The SMILES string of the molecule is CCC(C)(C)c1ccc(OCC[C@H]2CCCNC2)cc1. The molecule has 1 heterocycles. The van der Waals surface area contributed by atoms with Crippen molar-refractivity contribution in [2.45, 2.75) is 51.9 Å². The third-order valence-electron chi connectivity index (χ3n) is 4.71. The summed E-state index contributed by atoms with van der Waals surface area (Å²) in [6.07, 6.45) is 4.97. The van der Waals surface area contributed by atoms with Crippen molar-refractivity contribution in [2.75, 3.05) is 19.7 Å². The molecular weight excluding hydrogens is 246 g/mol. The molecule has 0 bridgehead atoms. The normalized spacial score (nSPS) is 19.9. The van der Waals surface area contributed by atoms with E-state index in [9.17, 15) is 0 Å². The van der Waals surface area contributed by atoms with Crippen molar-refractivity contribution < 1.29 is 4.74 Å². The number of rotatable bonds is 6. The van der Waals surface area contributed by atoms with Crippen LogP contribution < -0.4 is 10.1 Å². The Kier molecular flexibility index (Phi) is 5.47. The minimum atomic E-state index is 0.256. The van der Waals surface area contributed by atoms with Crippen LogP contribution in [0, 0.1) is 5.92 Å². The van der Waals surface area contributed by atoms with Crippen molar-refractivity contribution in [2.24, 2.45) is 5.92 Å². The van der Waals surface area contributed by atoms with Crippen molar-refractivity contribution in [1.82, 2.24) is 5.32 Å². The van der Waals surface area contributed by atoms with Gasteiger partial charge in [0.2, 0.25) is 0 Å². The fraction of sp³-hybridized carbons (Fsp3) is 0.667. The molecule has 1 atom stereocenters. The van der Waals surface area contributed by atoms with E-state index in [0.717, 1.165) is 37.7 Å². The Labute approximate surface area is 123 Å². The lowest BCUT2D eigenvalue weighted by molar-refractivity contribution is 0.254. The van der Waals surface area contributed by atoms with E-state index in [2.05, 4.69) is 50.4 Å². The van der Waals surface area contributed by atoms with E-state index in [-0.39, 0.29) is 5.41 Å². The standard InChI is InChI=1S/C18H29NO/c1-4-18(2,3)16-7-9-17(10-8-16)20-13-11-15-6-5-12-19-14-15/h7-10,15,19H,4-6,11-14H2,1-3H3/t15-/m1/s1. The van der Waals surface area contributed by atoms with Gasteiger partial charge in [-0.3, -0.25) is 0 Å². The monoisotopic (exact) mass is 275 g/mol. The first kappa shape index (κ1) is 15.4. The zero-order chi connectivity index (χ0) is 14.4. The van der Waals surface area contributed by atoms with Gasteiger partial charge in [0.05, 0.1) is 6.61 Å². The van der Waals surface area contributed by atoms with Crippen LogP contribution in [0.1, 0.15) is 52.0 Å². The van der Waals surface area contributed by atoms with Gasteiger partial charge in [0, 0.05) is 0 Å². The molecule has 1 N–H and O–H groups in total. The average Bonchev–Trinajstić information content (AvgIpc) is 2.49. The highest BCUT2D eigenvalue weighted by atomic mass is 16.5. The molecule has 1 aromatic carbocycles. The maximum absolute atomic E-state index is 5.88. The first-order valence-corrected chi connectivity index (χ1v) is 8.06. The molecule has 0 aliphatic carbocycles. The summed E-state index contributed by atoms with van der Waals surface area (Å²) in [6.45, 7) is 10.0. The summed E-state index contributed by atoms with van der Waals surface area (Å²) in [5.74, 6) is 1.80. The van der Waals surface area contributed by atoms with Crippen molar-refractivity contribution in [3.8, 4) is 5.75 Å². The molecule has 0 aromatic heterocycles. The Bertz CT molecular complexity index is 390. The maximum Gasteiger partial charge on any atom is 0.119 e. The van der Waals surface area contributed by atoms with Gasteiger partial charge in [-0.05, 0) is 67.8 Å². The van der Waals surface area contributed by atoms with Crippen molar-refractivity contribution in [3.63, 3.8) is 0 Å². The second kappa shape index (κ2) is 7.12. The molecule has 0 saturated carbocycles. The quantitative estimate of drug-likeness (QED) is 0.842. The van der Waals surface area contributed by atoms with Crippen LogP contribution in [0.15, 0.2) is 24.3 Å². The van der Waals surface area contributed by atoms with Crippen molar-refractivity contribution in [3.05, 3.63) is 29.8 Å². The number of piperidine rings is 1. The molecule has 2 heteroatoms. The Balaban J connectivity index is 1.79. The third-order valence-corrected chi connectivity index (χ3v) is 4.71. The zero-order valence-corrected chi connectivity index (χ0v) is 13.2. The highest BCUT2D eigenvalue weighted by Crippen LogP contribution is 2.28. The summed E-state index contributed by atoms with van der Waals surface area (Å²) < 4.78 is 5.88. The Hall–Kier alpha value is -1.02. The number of nitrogens with one attached hydrogen (secondary N) is 1. The molecule has 1 fully saturated rings. The molecule has 1 aromatic rings. The van der Waals surface area contributed by atoms with Gasteiger partial charge < -0.3 is 10.1 Å². The first-order valence-electron chi connectivity index (χ1n) is 8.06. The first-order chi connectivity index (χ1) is 9.62. The van der Waals surface area contributed by atoms with Crippen LogP contribution in [0.2, 0.25) is 0 Å². The number of hydrogen-bond donors (Lipinski definition) is 1. The maximum atomic E-state index is 5.88. The molecule has 1 saturated heterocycles. The van der Waals surface area contributed by atoms with Gasteiger partial charge in [0.15, 0.2) is 0 Å². The second-order valence-corrected chi connectivity index (χ2v) is 6.61. The smallest absolute Gasteiger partial charge is 0.119 e. The summed E-state index contributed by atoms with van der Waals surface area (Å²) in [6, 6.07) is 8.65. The van der Waals surface area contributed by atoms with E-state index >= 15 is 0 Å². The van der Waals surface area contributed by atoms with E-state index in [1.165, 1.54) is 24.9 Å². The predicted octanol–water partition coefficient (Wildman–Crippen LogP) is 4.14. The van der Waals surface area contributed by atoms with Crippen LogP contribution in [0.25, 0.3) is 0 Å².